The molecule has 4 rings (SSSR count). The lowest BCUT2D eigenvalue weighted by molar-refractivity contribution is 0.324. The van der Waals surface area contributed by atoms with E-state index in [1.54, 1.807) is 64.2 Å². The van der Waals surface area contributed by atoms with Crippen LogP contribution in [-0.2, 0) is 0 Å². The molecule has 7 nitrogen and oxygen atoms in total. The topological polar surface area (TPSA) is 69.9 Å². The van der Waals surface area contributed by atoms with E-state index >= 15 is 0 Å². The van der Waals surface area contributed by atoms with E-state index in [0.717, 1.165) is 5.56 Å². The van der Waals surface area contributed by atoms with Crippen LogP contribution in [0.5, 0.6) is 17.2 Å². The smallest absolute Gasteiger partial charge is 0.203 e. The number of rotatable bonds is 6. The minimum Gasteiger partial charge on any atom is -0.493 e. The highest BCUT2D eigenvalue weighted by Crippen LogP contribution is 2.41. The molecule has 0 amide bonds. The third-order valence-electron chi connectivity index (χ3n) is 4.48. The van der Waals surface area contributed by atoms with Gasteiger partial charge in [-0.15, -0.1) is 0 Å². The van der Waals surface area contributed by atoms with Crippen molar-refractivity contribution >= 4 is 17.2 Å². The van der Waals surface area contributed by atoms with Gasteiger partial charge in [-0.1, -0.05) is 0 Å². The first kappa shape index (κ1) is 18.5. The van der Waals surface area contributed by atoms with Crippen LogP contribution in [0.1, 0.15) is 0 Å². The second-order valence-electron chi connectivity index (χ2n) is 6.16. The first-order chi connectivity index (χ1) is 14.1. The van der Waals surface area contributed by atoms with Gasteiger partial charge in [0.1, 0.15) is 17.3 Å². The lowest BCUT2D eigenvalue weighted by Gasteiger charge is -2.15. The van der Waals surface area contributed by atoms with Crippen molar-refractivity contribution < 1.29 is 18.6 Å². The molecule has 1 N–H and O–H groups in total. The van der Waals surface area contributed by atoms with E-state index in [0.29, 0.717) is 40.1 Å². The molecule has 0 bridgehead atoms. The summed E-state index contributed by atoms with van der Waals surface area (Å²) < 4.78 is 31.5. The summed E-state index contributed by atoms with van der Waals surface area (Å²) in [5.74, 6) is 1.93. The summed E-state index contributed by atoms with van der Waals surface area (Å²) in [4.78, 5) is 8.79. The standard InChI is InChI=1S/C21H19FN4O3/c1-27-16-10-15(11-17(28-2)20(16)29-3)24-21-19(13-4-6-14(22)7-5-13)25-18-12-23-8-9-26(18)21/h4-12,24H,1-3H3. The summed E-state index contributed by atoms with van der Waals surface area (Å²) in [6.45, 7) is 0. The average molecular weight is 394 g/mol. The van der Waals surface area contributed by atoms with Crippen LogP contribution >= 0.6 is 0 Å². The fourth-order valence-corrected chi connectivity index (χ4v) is 3.13. The van der Waals surface area contributed by atoms with E-state index in [9.17, 15) is 4.39 Å². The molecule has 29 heavy (non-hydrogen) atoms. The van der Waals surface area contributed by atoms with Gasteiger partial charge < -0.3 is 19.5 Å². The third-order valence-corrected chi connectivity index (χ3v) is 4.48. The summed E-state index contributed by atoms with van der Waals surface area (Å²) in [5, 5.41) is 3.37. The molecule has 2 aromatic carbocycles. The second-order valence-corrected chi connectivity index (χ2v) is 6.16. The Morgan fingerprint density at radius 1 is 0.966 bits per heavy atom. The first-order valence-electron chi connectivity index (χ1n) is 8.79. The Kier molecular flexibility index (Phi) is 4.90. The number of anilines is 2. The van der Waals surface area contributed by atoms with Crippen LogP contribution in [0.25, 0.3) is 16.9 Å². The molecular weight excluding hydrogens is 375 g/mol. The molecule has 2 aromatic heterocycles. The maximum Gasteiger partial charge on any atom is 0.203 e. The van der Waals surface area contributed by atoms with E-state index in [1.807, 2.05) is 4.40 Å². The van der Waals surface area contributed by atoms with Gasteiger partial charge in [-0.25, -0.2) is 9.37 Å². The molecule has 0 aliphatic carbocycles. The van der Waals surface area contributed by atoms with E-state index in [-0.39, 0.29) is 5.82 Å². The SMILES string of the molecule is COc1cc(Nc2c(-c3ccc(F)cc3)nc3cnccn23)cc(OC)c1OC. The monoisotopic (exact) mass is 394 g/mol. The zero-order valence-corrected chi connectivity index (χ0v) is 16.1. The molecule has 148 valence electrons. The number of benzene rings is 2. The quantitative estimate of drug-likeness (QED) is 0.526. The minimum absolute atomic E-state index is 0.307. The van der Waals surface area contributed by atoms with E-state index in [4.69, 9.17) is 14.2 Å². The van der Waals surface area contributed by atoms with Crippen molar-refractivity contribution in [2.45, 2.75) is 0 Å². The second kappa shape index (κ2) is 7.67. The van der Waals surface area contributed by atoms with Gasteiger partial charge in [0, 0.05) is 35.8 Å². The Labute approximate surface area is 166 Å². The van der Waals surface area contributed by atoms with Crippen molar-refractivity contribution in [2.75, 3.05) is 26.6 Å². The number of imidazole rings is 1. The zero-order chi connectivity index (χ0) is 20.4. The van der Waals surface area contributed by atoms with Gasteiger partial charge >= 0.3 is 0 Å². The lowest BCUT2D eigenvalue weighted by atomic mass is 10.1. The summed E-state index contributed by atoms with van der Waals surface area (Å²) in [6.07, 6.45) is 5.13. The molecule has 2 heterocycles. The Balaban J connectivity index is 1.86. The summed E-state index contributed by atoms with van der Waals surface area (Å²) in [5.41, 5.74) is 2.79. The maximum atomic E-state index is 13.4. The van der Waals surface area contributed by atoms with Gasteiger partial charge in [-0.05, 0) is 24.3 Å². The molecule has 8 heteroatoms. The van der Waals surface area contributed by atoms with E-state index < -0.39 is 0 Å². The first-order valence-corrected chi connectivity index (χ1v) is 8.79. The average Bonchev–Trinajstić information content (AvgIpc) is 3.12. The summed E-state index contributed by atoms with van der Waals surface area (Å²) in [6, 6.07) is 9.78. The molecule has 0 atom stereocenters. The predicted molar refractivity (Wildman–Crippen MR) is 108 cm³/mol. The van der Waals surface area contributed by atoms with E-state index in [2.05, 4.69) is 15.3 Å². The van der Waals surface area contributed by atoms with Crippen molar-refractivity contribution in [1.82, 2.24) is 14.4 Å². The largest absolute Gasteiger partial charge is 0.493 e. The highest BCUT2D eigenvalue weighted by Gasteiger charge is 2.18. The lowest BCUT2D eigenvalue weighted by Crippen LogP contribution is -2.00. The number of nitrogens with zero attached hydrogens (tertiary/aromatic N) is 3. The van der Waals surface area contributed by atoms with Crippen molar-refractivity contribution in [2.24, 2.45) is 0 Å². The van der Waals surface area contributed by atoms with Crippen molar-refractivity contribution in [1.29, 1.82) is 0 Å². The van der Waals surface area contributed by atoms with Gasteiger partial charge in [0.2, 0.25) is 5.75 Å². The summed E-state index contributed by atoms with van der Waals surface area (Å²) in [7, 11) is 4.67. The number of hydrogen-bond donors (Lipinski definition) is 1. The molecule has 4 aromatic rings. The Hall–Kier alpha value is -3.81. The molecule has 0 aliphatic heterocycles. The fourth-order valence-electron chi connectivity index (χ4n) is 3.13. The molecule has 0 fully saturated rings. The number of fused-ring (bicyclic) bond motifs is 1. The normalized spacial score (nSPS) is 10.8. The van der Waals surface area contributed by atoms with Crippen molar-refractivity contribution in [3.8, 4) is 28.5 Å². The zero-order valence-electron chi connectivity index (χ0n) is 16.1. The maximum absolute atomic E-state index is 13.4. The molecule has 0 unspecified atom stereocenters. The van der Waals surface area contributed by atoms with Crippen LogP contribution in [0.2, 0.25) is 0 Å². The highest BCUT2D eigenvalue weighted by atomic mass is 19.1. The van der Waals surface area contributed by atoms with Crippen molar-refractivity contribution in [3.63, 3.8) is 0 Å². The molecular formula is C21H19FN4O3. The summed E-state index contributed by atoms with van der Waals surface area (Å²) >= 11 is 0. The van der Waals surface area contributed by atoms with Gasteiger partial charge in [0.25, 0.3) is 0 Å². The number of nitrogens with one attached hydrogen (secondary N) is 1. The Bertz CT molecular complexity index is 1130. The van der Waals surface area contributed by atoms with Gasteiger partial charge in [-0.2, -0.15) is 0 Å². The van der Waals surface area contributed by atoms with E-state index in [1.165, 1.54) is 12.1 Å². The number of aromatic nitrogens is 3. The molecule has 0 spiro atoms. The molecule has 0 radical (unpaired) electrons. The Morgan fingerprint density at radius 2 is 1.66 bits per heavy atom. The van der Waals surface area contributed by atoms with Gasteiger partial charge in [0.05, 0.1) is 27.5 Å². The third kappa shape index (κ3) is 3.40. The van der Waals surface area contributed by atoms with Crippen LogP contribution in [0.4, 0.5) is 15.9 Å². The Morgan fingerprint density at radius 3 is 2.28 bits per heavy atom. The van der Waals surface area contributed by atoms with Crippen LogP contribution in [0.3, 0.4) is 0 Å². The van der Waals surface area contributed by atoms with Gasteiger partial charge in [0.15, 0.2) is 17.1 Å². The van der Waals surface area contributed by atoms with Crippen molar-refractivity contribution in [3.05, 3.63) is 60.8 Å². The number of halogens is 1. The fraction of sp³-hybridized carbons (Fsp3) is 0.143. The minimum atomic E-state index is -0.307. The van der Waals surface area contributed by atoms with Crippen LogP contribution < -0.4 is 19.5 Å². The molecule has 0 saturated carbocycles. The van der Waals surface area contributed by atoms with Crippen LogP contribution in [-0.4, -0.2) is 35.7 Å². The number of ether oxygens (including phenoxy) is 3. The predicted octanol–water partition coefficient (Wildman–Crippen LogP) is 4.30. The van der Waals surface area contributed by atoms with Crippen LogP contribution in [0, 0.1) is 5.82 Å². The van der Waals surface area contributed by atoms with Gasteiger partial charge in [-0.3, -0.25) is 9.38 Å². The molecule has 0 saturated heterocycles. The number of hydrogen-bond acceptors (Lipinski definition) is 6. The van der Waals surface area contributed by atoms with Crippen LogP contribution in [0.15, 0.2) is 55.0 Å². The highest BCUT2D eigenvalue weighted by molar-refractivity contribution is 5.80. The molecule has 0 aliphatic rings. The number of methoxy groups -OCH3 is 3.